The van der Waals surface area contributed by atoms with Crippen LogP contribution in [0.25, 0.3) is 0 Å². The van der Waals surface area contributed by atoms with Crippen LogP contribution in [-0.2, 0) is 11.2 Å². The van der Waals surface area contributed by atoms with E-state index in [-0.39, 0.29) is 5.60 Å². The van der Waals surface area contributed by atoms with Crippen LogP contribution < -0.4 is 9.47 Å². The highest BCUT2D eigenvalue weighted by Crippen LogP contribution is 2.42. The summed E-state index contributed by atoms with van der Waals surface area (Å²) < 4.78 is 12.2. The van der Waals surface area contributed by atoms with E-state index in [1.807, 2.05) is 39.8 Å². The fourth-order valence-corrected chi connectivity index (χ4v) is 3.66. The Bertz CT molecular complexity index is 625. The fraction of sp³-hybridized carbons (Fsp3) is 0.556. The maximum Gasteiger partial charge on any atom is 0.425 e. The standard InChI is InChI=1S/C18H25NO4S/c1-6-18(7-2,12-20)24-19(5)16(21)22-14-10-8-9-13-11-17(3,4)23-15(13)14/h8-10,12H,6-7,11H2,1-5H3. The first-order chi connectivity index (χ1) is 11.3. The summed E-state index contributed by atoms with van der Waals surface area (Å²) >= 11 is 1.20. The number of aldehydes is 1. The quantitative estimate of drug-likeness (QED) is 0.567. The van der Waals surface area contributed by atoms with Crippen molar-refractivity contribution in [2.24, 2.45) is 0 Å². The summed E-state index contributed by atoms with van der Waals surface area (Å²) in [4.78, 5) is 23.8. The molecule has 5 nitrogen and oxygen atoms in total. The fourth-order valence-electron chi connectivity index (χ4n) is 2.70. The third-order valence-corrected chi connectivity index (χ3v) is 5.70. The summed E-state index contributed by atoms with van der Waals surface area (Å²) in [5.41, 5.74) is 0.729. The van der Waals surface area contributed by atoms with E-state index in [1.165, 1.54) is 16.3 Å². The van der Waals surface area contributed by atoms with Crippen LogP contribution in [0.2, 0.25) is 0 Å². The number of para-hydroxylation sites is 1. The van der Waals surface area contributed by atoms with Gasteiger partial charge in [0.15, 0.2) is 11.5 Å². The molecule has 0 bridgehead atoms. The van der Waals surface area contributed by atoms with Crippen LogP contribution in [0.5, 0.6) is 11.5 Å². The Morgan fingerprint density at radius 1 is 1.42 bits per heavy atom. The zero-order chi connectivity index (χ0) is 18.0. The normalized spacial score (nSPS) is 15.4. The SMILES string of the molecule is CCC(C=O)(CC)SN(C)C(=O)Oc1cccc2c1OC(C)(C)C2. The predicted molar refractivity (Wildman–Crippen MR) is 95.6 cm³/mol. The van der Waals surface area contributed by atoms with E-state index in [0.29, 0.717) is 24.3 Å². The van der Waals surface area contributed by atoms with E-state index in [0.717, 1.165) is 18.3 Å². The lowest BCUT2D eigenvalue weighted by Gasteiger charge is -2.28. The Morgan fingerprint density at radius 3 is 2.67 bits per heavy atom. The second-order valence-electron chi connectivity index (χ2n) is 6.63. The lowest BCUT2D eigenvalue weighted by atomic mass is 10.0. The molecule has 0 aliphatic carbocycles. The average Bonchev–Trinajstić information content (AvgIpc) is 2.87. The molecule has 0 atom stereocenters. The zero-order valence-corrected chi connectivity index (χ0v) is 15.7. The van der Waals surface area contributed by atoms with Crippen molar-refractivity contribution in [2.75, 3.05) is 7.05 Å². The summed E-state index contributed by atoms with van der Waals surface area (Å²) in [6.45, 7) is 7.87. The van der Waals surface area contributed by atoms with Gasteiger partial charge in [0.05, 0.1) is 4.75 Å². The highest BCUT2D eigenvalue weighted by atomic mass is 32.2. The highest BCUT2D eigenvalue weighted by Gasteiger charge is 2.34. The molecule has 0 aromatic heterocycles. The molecule has 1 aliphatic heterocycles. The molecule has 132 valence electrons. The second kappa shape index (κ2) is 7.05. The van der Waals surface area contributed by atoms with Gasteiger partial charge in [-0.1, -0.05) is 26.0 Å². The molecule has 1 heterocycles. The first kappa shape index (κ1) is 18.6. The molecule has 0 N–H and O–H groups in total. The van der Waals surface area contributed by atoms with E-state index in [2.05, 4.69) is 0 Å². The van der Waals surface area contributed by atoms with Gasteiger partial charge in [0, 0.05) is 19.0 Å². The largest absolute Gasteiger partial charge is 0.483 e. The van der Waals surface area contributed by atoms with E-state index in [1.54, 1.807) is 13.1 Å². The Balaban J connectivity index is 2.11. The Labute approximate surface area is 147 Å². The third-order valence-electron chi connectivity index (χ3n) is 4.24. The first-order valence-electron chi connectivity index (χ1n) is 8.17. The van der Waals surface area contributed by atoms with Gasteiger partial charge >= 0.3 is 6.09 Å². The maximum absolute atomic E-state index is 12.4. The molecule has 1 aliphatic rings. The van der Waals surface area contributed by atoms with Crippen LogP contribution in [0.15, 0.2) is 18.2 Å². The Hall–Kier alpha value is -1.69. The molecule has 6 heteroatoms. The van der Waals surface area contributed by atoms with Crippen molar-refractivity contribution in [1.82, 2.24) is 4.31 Å². The van der Waals surface area contributed by atoms with Crippen LogP contribution >= 0.6 is 11.9 Å². The molecule has 0 spiro atoms. The first-order valence-corrected chi connectivity index (χ1v) is 8.95. The number of hydrogen-bond acceptors (Lipinski definition) is 5. The van der Waals surface area contributed by atoms with Gasteiger partial charge < -0.3 is 14.3 Å². The minimum Gasteiger partial charge on any atom is -0.483 e. The number of benzene rings is 1. The van der Waals surface area contributed by atoms with Crippen molar-refractivity contribution in [3.8, 4) is 11.5 Å². The number of carbonyl (C=O) groups is 2. The van der Waals surface area contributed by atoms with Gasteiger partial charge in [0.1, 0.15) is 11.9 Å². The van der Waals surface area contributed by atoms with Gasteiger partial charge in [-0.3, -0.25) is 4.31 Å². The molecule has 0 unspecified atom stereocenters. The van der Waals surface area contributed by atoms with Crippen molar-refractivity contribution in [3.63, 3.8) is 0 Å². The number of rotatable bonds is 6. The molecule has 1 amide bonds. The zero-order valence-electron chi connectivity index (χ0n) is 14.9. The number of ether oxygens (including phenoxy) is 2. The third kappa shape index (κ3) is 3.86. The molecule has 0 radical (unpaired) electrons. The van der Waals surface area contributed by atoms with Crippen LogP contribution in [0.1, 0.15) is 46.1 Å². The van der Waals surface area contributed by atoms with Crippen molar-refractivity contribution in [1.29, 1.82) is 0 Å². The average molecular weight is 351 g/mol. The van der Waals surface area contributed by atoms with Crippen LogP contribution in [-0.4, -0.2) is 34.1 Å². The van der Waals surface area contributed by atoms with Crippen molar-refractivity contribution < 1.29 is 19.1 Å². The van der Waals surface area contributed by atoms with E-state index in [9.17, 15) is 9.59 Å². The van der Waals surface area contributed by atoms with Gasteiger partial charge in [0.25, 0.3) is 0 Å². The summed E-state index contributed by atoms with van der Waals surface area (Å²) in [5.74, 6) is 1.04. The molecule has 0 saturated carbocycles. The smallest absolute Gasteiger partial charge is 0.425 e. The van der Waals surface area contributed by atoms with Crippen LogP contribution in [0.3, 0.4) is 0 Å². The molecule has 24 heavy (non-hydrogen) atoms. The number of fused-ring (bicyclic) bond motifs is 1. The monoisotopic (exact) mass is 351 g/mol. The van der Waals surface area contributed by atoms with Gasteiger partial charge in [-0.25, -0.2) is 4.79 Å². The molecule has 1 aromatic rings. The van der Waals surface area contributed by atoms with E-state index >= 15 is 0 Å². The van der Waals surface area contributed by atoms with Crippen LogP contribution in [0.4, 0.5) is 4.79 Å². The van der Waals surface area contributed by atoms with Crippen molar-refractivity contribution >= 4 is 24.3 Å². The molecular weight excluding hydrogens is 326 g/mol. The predicted octanol–water partition coefficient (Wildman–Crippen LogP) is 4.24. The van der Waals surface area contributed by atoms with Gasteiger partial charge in [-0.05, 0) is 44.7 Å². The van der Waals surface area contributed by atoms with Gasteiger partial charge in [-0.2, -0.15) is 0 Å². The van der Waals surface area contributed by atoms with Crippen molar-refractivity contribution in [3.05, 3.63) is 23.8 Å². The number of nitrogens with zero attached hydrogens (tertiary/aromatic N) is 1. The Morgan fingerprint density at radius 2 is 2.08 bits per heavy atom. The summed E-state index contributed by atoms with van der Waals surface area (Å²) in [7, 11) is 1.62. The van der Waals surface area contributed by atoms with Gasteiger partial charge in [0.2, 0.25) is 0 Å². The van der Waals surface area contributed by atoms with Gasteiger partial charge in [-0.15, -0.1) is 0 Å². The van der Waals surface area contributed by atoms with E-state index < -0.39 is 10.8 Å². The number of hydrogen-bond donors (Lipinski definition) is 0. The summed E-state index contributed by atoms with van der Waals surface area (Å²) in [6.07, 6.45) is 2.46. The highest BCUT2D eigenvalue weighted by molar-refractivity contribution is 7.99. The maximum atomic E-state index is 12.4. The molecular formula is C18H25NO4S. The topological polar surface area (TPSA) is 55.8 Å². The van der Waals surface area contributed by atoms with Crippen LogP contribution in [0, 0.1) is 0 Å². The number of carbonyl (C=O) groups excluding carboxylic acids is 2. The second-order valence-corrected chi connectivity index (χ2v) is 8.17. The van der Waals surface area contributed by atoms with E-state index in [4.69, 9.17) is 9.47 Å². The molecule has 1 aromatic carbocycles. The number of amides is 1. The lowest BCUT2D eigenvalue weighted by molar-refractivity contribution is -0.110. The molecule has 2 rings (SSSR count). The minimum atomic E-state index is -0.606. The minimum absolute atomic E-state index is 0.303. The Kier molecular flexibility index (Phi) is 5.48. The summed E-state index contributed by atoms with van der Waals surface area (Å²) in [5, 5.41) is 0. The molecule has 0 fully saturated rings. The summed E-state index contributed by atoms with van der Waals surface area (Å²) in [6, 6.07) is 5.56. The van der Waals surface area contributed by atoms with Crippen molar-refractivity contribution in [2.45, 2.75) is 57.3 Å². The molecule has 0 saturated heterocycles. The lowest BCUT2D eigenvalue weighted by Crippen LogP contribution is -2.34.